The van der Waals surface area contributed by atoms with Gasteiger partial charge in [-0.3, -0.25) is 14.9 Å². The Labute approximate surface area is 156 Å². The Hall–Kier alpha value is -2.22. The van der Waals surface area contributed by atoms with Crippen molar-refractivity contribution < 1.29 is 14.8 Å². The first-order chi connectivity index (χ1) is 12.3. The van der Waals surface area contributed by atoms with Gasteiger partial charge in [0.05, 0.1) is 22.1 Å². The van der Waals surface area contributed by atoms with Crippen molar-refractivity contribution in [3.63, 3.8) is 0 Å². The molecule has 0 atom stereocenters. The van der Waals surface area contributed by atoms with Crippen molar-refractivity contribution in [2.45, 2.75) is 38.5 Å². The number of carbonyl (C=O) groups is 1. The number of benzene rings is 1. The zero-order chi connectivity index (χ0) is 18.5. The van der Waals surface area contributed by atoms with Crippen LogP contribution >= 0.6 is 12.2 Å². The summed E-state index contributed by atoms with van der Waals surface area (Å²) >= 11 is 5.22. The zero-order valence-electron chi connectivity index (χ0n) is 14.2. The Kier molecular flexibility index (Phi) is 4.10. The molecular weight excluding hydrogens is 354 g/mol. The highest BCUT2D eigenvalue weighted by Crippen LogP contribution is 2.60. The fourth-order valence-electron chi connectivity index (χ4n) is 5.52. The molecule has 138 valence electrons. The van der Waals surface area contributed by atoms with Crippen molar-refractivity contribution in [1.82, 2.24) is 5.32 Å². The molecule has 0 saturated heterocycles. The van der Waals surface area contributed by atoms with Crippen molar-refractivity contribution >= 4 is 34.6 Å². The lowest BCUT2D eigenvalue weighted by Crippen LogP contribution is -2.55. The van der Waals surface area contributed by atoms with Gasteiger partial charge in [0.15, 0.2) is 5.11 Å². The lowest BCUT2D eigenvalue weighted by molar-refractivity contribution is -0.384. The maximum Gasteiger partial charge on any atom is 0.273 e. The first kappa shape index (κ1) is 17.2. The van der Waals surface area contributed by atoms with E-state index in [9.17, 15) is 20.0 Å². The van der Waals surface area contributed by atoms with Crippen LogP contribution in [-0.4, -0.2) is 21.0 Å². The largest absolute Gasteiger partial charge is 0.506 e. The van der Waals surface area contributed by atoms with Crippen molar-refractivity contribution in [3.8, 4) is 5.75 Å². The molecule has 0 heterocycles. The summed E-state index contributed by atoms with van der Waals surface area (Å²) in [4.78, 5) is 23.1. The summed E-state index contributed by atoms with van der Waals surface area (Å²) in [5.74, 6) is 1.66. The molecule has 4 aliphatic rings. The molecule has 1 aromatic rings. The van der Waals surface area contributed by atoms with Crippen LogP contribution in [0.1, 0.15) is 38.5 Å². The number of nitrogens with one attached hydrogen (secondary N) is 2. The number of amides is 1. The number of nitro groups is 1. The number of thiocarbonyl (C=S) groups is 1. The molecular formula is C18H21N3O4S. The van der Waals surface area contributed by atoms with Gasteiger partial charge in [0.25, 0.3) is 5.69 Å². The van der Waals surface area contributed by atoms with E-state index < -0.39 is 4.92 Å². The van der Waals surface area contributed by atoms with E-state index in [-0.39, 0.29) is 33.6 Å². The predicted molar refractivity (Wildman–Crippen MR) is 99.7 cm³/mol. The average Bonchev–Trinajstić information content (AvgIpc) is 2.55. The summed E-state index contributed by atoms with van der Waals surface area (Å²) in [5.41, 5.74) is -0.291. The van der Waals surface area contributed by atoms with E-state index in [1.54, 1.807) is 0 Å². The maximum atomic E-state index is 12.9. The van der Waals surface area contributed by atoms with E-state index in [0.29, 0.717) is 17.8 Å². The van der Waals surface area contributed by atoms with Gasteiger partial charge in [-0.1, -0.05) is 0 Å². The molecule has 4 bridgehead atoms. The van der Waals surface area contributed by atoms with E-state index in [2.05, 4.69) is 10.6 Å². The molecule has 5 rings (SSSR count). The molecule has 4 fully saturated rings. The summed E-state index contributed by atoms with van der Waals surface area (Å²) in [5, 5.41) is 26.3. The van der Waals surface area contributed by atoms with Gasteiger partial charge in [0.1, 0.15) is 5.75 Å². The zero-order valence-corrected chi connectivity index (χ0v) is 15.1. The van der Waals surface area contributed by atoms with Crippen molar-refractivity contribution in [2.24, 2.45) is 23.2 Å². The molecule has 4 saturated carbocycles. The lowest BCUT2D eigenvalue weighted by Gasteiger charge is -2.55. The molecule has 26 heavy (non-hydrogen) atoms. The fourth-order valence-corrected chi connectivity index (χ4v) is 5.72. The highest BCUT2D eigenvalue weighted by Gasteiger charge is 2.54. The number of carbonyl (C=O) groups excluding carboxylic acids is 1. The maximum absolute atomic E-state index is 12.9. The molecule has 4 aliphatic carbocycles. The standard InChI is InChI=1S/C18H21N3O4S/c22-15-6-13(21(24)25)1-2-14(15)19-17(26)20-16(23)18-7-10-3-11(8-18)5-12(4-10)9-18/h1-2,6,10-12,22H,3-5,7-9H2,(H2,19,20,23,26). The average molecular weight is 375 g/mol. The van der Waals surface area contributed by atoms with Gasteiger partial charge in [-0.05, 0) is 74.6 Å². The van der Waals surface area contributed by atoms with Crippen LogP contribution < -0.4 is 10.6 Å². The smallest absolute Gasteiger partial charge is 0.273 e. The predicted octanol–water partition coefficient (Wildman–Crippen LogP) is 3.33. The number of phenolic OH excluding ortho intramolecular Hbond substituents is 1. The number of rotatable bonds is 3. The number of anilines is 1. The fraction of sp³-hybridized carbons (Fsp3) is 0.556. The normalized spacial score (nSPS) is 31.5. The van der Waals surface area contributed by atoms with Gasteiger partial charge >= 0.3 is 0 Å². The Morgan fingerprint density at radius 1 is 1.19 bits per heavy atom. The molecule has 1 amide bonds. The second-order valence-corrected chi connectivity index (χ2v) is 8.47. The number of nitrogens with zero attached hydrogens (tertiary/aromatic N) is 1. The third-order valence-corrected chi connectivity index (χ3v) is 6.39. The third kappa shape index (κ3) is 3.02. The van der Waals surface area contributed by atoms with Crippen molar-refractivity contribution in [3.05, 3.63) is 28.3 Å². The first-order valence-electron chi connectivity index (χ1n) is 8.94. The van der Waals surface area contributed by atoms with Crippen LogP contribution in [0.5, 0.6) is 5.75 Å². The van der Waals surface area contributed by atoms with Gasteiger partial charge in [0.2, 0.25) is 5.91 Å². The topological polar surface area (TPSA) is 104 Å². The van der Waals surface area contributed by atoms with Gasteiger partial charge in [-0.25, -0.2) is 0 Å². The molecule has 0 aliphatic heterocycles. The minimum atomic E-state index is -0.587. The Bertz CT molecular complexity index is 759. The third-order valence-electron chi connectivity index (χ3n) is 6.19. The summed E-state index contributed by atoms with van der Waals surface area (Å²) in [6.45, 7) is 0. The van der Waals surface area contributed by atoms with Gasteiger partial charge in [-0.2, -0.15) is 0 Å². The first-order valence-corrected chi connectivity index (χ1v) is 9.35. The molecule has 0 radical (unpaired) electrons. The molecule has 0 aromatic heterocycles. The van der Waals surface area contributed by atoms with Crippen LogP contribution in [0, 0.1) is 33.3 Å². The summed E-state index contributed by atoms with van der Waals surface area (Å²) in [6, 6.07) is 3.69. The lowest BCUT2D eigenvalue weighted by atomic mass is 9.49. The number of phenols is 1. The van der Waals surface area contributed by atoms with Crippen LogP contribution in [0.2, 0.25) is 0 Å². The van der Waals surface area contributed by atoms with Crippen molar-refractivity contribution in [2.75, 3.05) is 5.32 Å². The monoisotopic (exact) mass is 375 g/mol. The van der Waals surface area contributed by atoms with Gasteiger partial charge in [0, 0.05) is 6.07 Å². The van der Waals surface area contributed by atoms with Crippen LogP contribution in [0.4, 0.5) is 11.4 Å². The molecule has 0 unspecified atom stereocenters. The van der Waals surface area contributed by atoms with Crippen molar-refractivity contribution in [1.29, 1.82) is 0 Å². The molecule has 3 N–H and O–H groups in total. The minimum Gasteiger partial charge on any atom is -0.506 e. The minimum absolute atomic E-state index is 0.0319. The second-order valence-electron chi connectivity index (χ2n) is 8.06. The SMILES string of the molecule is O=C(NC(=S)Nc1ccc([N+](=O)[O-])cc1O)C12CC3CC(CC(C3)C1)C2. The Morgan fingerprint density at radius 3 is 2.27 bits per heavy atom. The quantitative estimate of drug-likeness (QED) is 0.324. The van der Waals surface area contributed by atoms with Crippen LogP contribution in [0.25, 0.3) is 0 Å². The Balaban J connectivity index is 1.42. The molecule has 0 spiro atoms. The number of nitro benzene ring substituents is 1. The molecule has 8 heteroatoms. The highest BCUT2D eigenvalue weighted by molar-refractivity contribution is 7.80. The molecule has 1 aromatic carbocycles. The van der Waals surface area contributed by atoms with Crippen LogP contribution in [0.3, 0.4) is 0 Å². The van der Waals surface area contributed by atoms with Gasteiger partial charge in [-0.15, -0.1) is 0 Å². The van der Waals surface area contributed by atoms with E-state index >= 15 is 0 Å². The summed E-state index contributed by atoms with van der Waals surface area (Å²) in [7, 11) is 0. The van der Waals surface area contributed by atoms with Gasteiger partial charge < -0.3 is 15.7 Å². The summed E-state index contributed by atoms with van der Waals surface area (Å²) < 4.78 is 0. The van der Waals surface area contributed by atoms with Crippen LogP contribution in [-0.2, 0) is 4.79 Å². The second kappa shape index (κ2) is 6.19. The van der Waals surface area contributed by atoms with Crippen LogP contribution in [0.15, 0.2) is 18.2 Å². The van der Waals surface area contributed by atoms with E-state index in [0.717, 1.165) is 25.3 Å². The van der Waals surface area contributed by atoms with E-state index in [1.165, 1.54) is 31.4 Å². The number of non-ortho nitro benzene ring substituents is 1. The Morgan fingerprint density at radius 2 is 1.77 bits per heavy atom. The number of hydrogen-bond donors (Lipinski definition) is 3. The number of hydrogen-bond acceptors (Lipinski definition) is 5. The van der Waals surface area contributed by atoms with E-state index in [4.69, 9.17) is 12.2 Å². The number of aromatic hydroxyl groups is 1. The highest BCUT2D eigenvalue weighted by atomic mass is 32.1. The molecule has 7 nitrogen and oxygen atoms in total. The summed E-state index contributed by atoms with van der Waals surface area (Å²) in [6.07, 6.45) is 6.59. The van der Waals surface area contributed by atoms with E-state index in [1.807, 2.05) is 0 Å².